The minimum atomic E-state index is -0.741. The SMILES string of the molecule is COc1cc(C=NNC(=O)c2c(C)nc3ccccn23)cc([N+](=O)[O-])c1O. The fourth-order valence-electron chi connectivity index (χ4n) is 2.59. The predicted molar refractivity (Wildman–Crippen MR) is 96.3 cm³/mol. The molecule has 3 aromatic rings. The molecule has 0 atom stereocenters. The van der Waals surface area contributed by atoms with Crippen molar-refractivity contribution in [3.8, 4) is 11.5 Å². The second kappa shape index (κ2) is 7.12. The molecule has 10 heteroatoms. The third kappa shape index (κ3) is 3.40. The Balaban J connectivity index is 1.85. The molecular weight excluding hydrogens is 354 g/mol. The number of benzene rings is 1. The summed E-state index contributed by atoms with van der Waals surface area (Å²) in [6.07, 6.45) is 2.92. The van der Waals surface area contributed by atoms with Gasteiger partial charge in [-0.1, -0.05) is 6.07 Å². The third-order valence-corrected chi connectivity index (χ3v) is 3.79. The highest BCUT2D eigenvalue weighted by Gasteiger charge is 2.19. The van der Waals surface area contributed by atoms with E-state index < -0.39 is 22.3 Å². The molecule has 0 spiro atoms. The molecule has 10 nitrogen and oxygen atoms in total. The highest BCUT2D eigenvalue weighted by atomic mass is 16.6. The Kier molecular flexibility index (Phi) is 4.71. The molecule has 0 radical (unpaired) electrons. The van der Waals surface area contributed by atoms with Crippen LogP contribution in [0.1, 0.15) is 21.7 Å². The van der Waals surface area contributed by atoms with E-state index in [9.17, 15) is 20.0 Å². The van der Waals surface area contributed by atoms with Crippen LogP contribution >= 0.6 is 0 Å². The van der Waals surface area contributed by atoms with Crippen molar-refractivity contribution in [2.75, 3.05) is 7.11 Å². The normalized spacial score (nSPS) is 11.0. The topological polar surface area (TPSA) is 131 Å². The number of ether oxygens (including phenoxy) is 1. The van der Waals surface area contributed by atoms with Crippen LogP contribution in [0.3, 0.4) is 0 Å². The summed E-state index contributed by atoms with van der Waals surface area (Å²) in [6.45, 7) is 1.71. The van der Waals surface area contributed by atoms with E-state index in [4.69, 9.17) is 4.74 Å². The maximum absolute atomic E-state index is 12.4. The fraction of sp³-hybridized carbons (Fsp3) is 0.118. The number of hydrazone groups is 1. The van der Waals surface area contributed by atoms with Crippen LogP contribution in [0.5, 0.6) is 11.5 Å². The van der Waals surface area contributed by atoms with E-state index in [1.165, 1.54) is 19.4 Å². The first-order valence-corrected chi connectivity index (χ1v) is 7.75. The molecule has 0 unspecified atom stereocenters. The molecule has 3 rings (SSSR count). The van der Waals surface area contributed by atoms with Gasteiger partial charge in [0.2, 0.25) is 5.75 Å². The number of nitro groups is 1. The lowest BCUT2D eigenvalue weighted by molar-refractivity contribution is -0.386. The Bertz CT molecular complexity index is 1070. The molecule has 2 N–H and O–H groups in total. The van der Waals surface area contributed by atoms with Gasteiger partial charge in [0, 0.05) is 17.8 Å². The Hall–Kier alpha value is -3.95. The Morgan fingerprint density at radius 1 is 1.44 bits per heavy atom. The molecule has 0 fully saturated rings. The zero-order valence-corrected chi connectivity index (χ0v) is 14.4. The highest BCUT2D eigenvalue weighted by Crippen LogP contribution is 2.36. The number of carbonyl (C=O) groups is 1. The summed E-state index contributed by atoms with van der Waals surface area (Å²) in [7, 11) is 1.27. The van der Waals surface area contributed by atoms with Gasteiger partial charge in [-0.3, -0.25) is 19.3 Å². The van der Waals surface area contributed by atoms with Gasteiger partial charge >= 0.3 is 5.69 Å². The van der Waals surface area contributed by atoms with Crippen molar-refractivity contribution in [2.45, 2.75) is 6.92 Å². The van der Waals surface area contributed by atoms with Gasteiger partial charge in [-0.05, 0) is 25.1 Å². The fourth-order valence-corrected chi connectivity index (χ4v) is 2.59. The molecule has 27 heavy (non-hydrogen) atoms. The number of aromatic nitrogens is 2. The van der Waals surface area contributed by atoms with Crippen molar-refractivity contribution < 1.29 is 19.6 Å². The van der Waals surface area contributed by atoms with Crippen LogP contribution in [0.4, 0.5) is 5.69 Å². The van der Waals surface area contributed by atoms with Gasteiger partial charge in [0.15, 0.2) is 5.75 Å². The van der Waals surface area contributed by atoms with Crippen LogP contribution in [0, 0.1) is 17.0 Å². The van der Waals surface area contributed by atoms with E-state index in [-0.39, 0.29) is 11.3 Å². The zero-order valence-electron chi connectivity index (χ0n) is 14.4. The first kappa shape index (κ1) is 17.9. The molecule has 0 aliphatic heterocycles. The van der Waals surface area contributed by atoms with Gasteiger partial charge in [-0.2, -0.15) is 5.10 Å². The minimum Gasteiger partial charge on any atom is -0.500 e. The Morgan fingerprint density at radius 3 is 2.93 bits per heavy atom. The molecule has 0 saturated carbocycles. The summed E-state index contributed by atoms with van der Waals surface area (Å²) in [5.41, 5.74) is 3.60. The molecule has 2 heterocycles. The number of hydrogen-bond acceptors (Lipinski definition) is 7. The van der Waals surface area contributed by atoms with Crippen molar-refractivity contribution in [3.63, 3.8) is 0 Å². The predicted octanol–water partition coefficient (Wildman–Crippen LogP) is 2.03. The summed E-state index contributed by atoms with van der Waals surface area (Å²) in [5.74, 6) is -1.14. The number of aromatic hydroxyl groups is 1. The van der Waals surface area contributed by atoms with Crippen molar-refractivity contribution in [1.82, 2.24) is 14.8 Å². The Morgan fingerprint density at radius 2 is 2.22 bits per heavy atom. The largest absolute Gasteiger partial charge is 0.500 e. The maximum Gasteiger partial charge on any atom is 0.315 e. The Labute approximate surface area is 152 Å². The quantitative estimate of drug-likeness (QED) is 0.402. The minimum absolute atomic E-state index is 0.0744. The van der Waals surface area contributed by atoms with Crippen LogP contribution in [0.15, 0.2) is 41.6 Å². The number of nitrogens with zero attached hydrogens (tertiary/aromatic N) is 4. The first-order chi connectivity index (χ1) is 12.9. The summed E-state index contributed by atoms with van der Waals surface area (Å²) < 4.78 is 6.55. The van der Waals surface area contributed by atoms with Gasteiger partial charge in [0.25, 0.3) is 5.91 Å². The molecule has 2 aromatic heterocycles. The van der Waals surface area contributed by atoms with Crippen LogP contribution in [-0.4, -0.2) is 38.6 Å². The number of carbonyl (C=O) groups excluding carboxylic acids is 1. The van der Waals surface area contributed by atoms with Gasteiger partial charge in [-0.15, -0.1) is 0 Å². The highest BCUT2D eigenvalue weighted by molar-refractivity contribution is 5.95. The molecule has 1 amide bonds. The average Bonchev–Trinajstić information content (AvgIpc) is 2.98. The number of amides is 1. The van der Waals surface area contributed by atoms with E-state index in [0.29, 0.717) is 17.0 Å². The van der Waals surface area contributed by atoms with Crippen molar-refractivity contribution in [3.05, 3.63) is 63.6 Å². The maximum atomic E-state index is 12.4. The number of phenolic OH excluding ortho intramolecular Hbond substituents is 1. The number of pyridine rings is 1. The number of hydrogen-bond donors (Lipinski definition) is 2. The molecule has 138 valence electrons. The van der Waals surface area contributed by atoms with Crippen LogP contribution < -0.4 is 10.2 Å². The molecule has 0 aliphatic carbocycles. The summed E-state index contributed by atoms with van der Waals surface area (Å²) >= 11 is 0. The number of imidazole rings is 1. The number of rotatable bonds is 5. The monoisotopic (exact) mass is 369 g/mol. The van der Waals surface area contributed by atoms with Crippen LogP contribution in [0.2, 0.25) is 0 Å². The van der Waals surface area contributed by atoms with Gasteiger partial charge in [0.05, 0.1) is 23.9 Å². The molecule has 1 aromatic carbocycles. The third-order valence-electron chi connectivity index (χ3n) is 3.79. The number of fused-ring (bicyclic) bond motifs is 1. The van der Waals surface area contributed by atoms with E-state index >= 15 is 0 Å². The van der Waals surface area contributed by atoms with Gasteiger partial charge < -0.3 is 9.84 Å². The standard InChI is InChI=1S/C17H15N5O5/c1-10-15(21-6-4-3-5-14(21)19-10)17(24)20-18-9-11-7-12(22(25)26)16(23)13(8-11)27-2/h3-9,23H,1-2H3,(H,20,24). The van der Waals surface area contributed by atoms with Crippen molar-refractivity contribution >= 4 is 23.5 Å². The molecule has 0 aliphatic rings. The van der Waals surface area contributed by atoms with Crippen molar-refractivity contribution in [2.24, 2.45) is 5.10 Å². The van der Waals surface area contributed by atoms with Gasteiger partial charge in [-0.25, -0.2) is 10.4 Å². The number of nitro benzene ring substituents is 1. The second-order valence-corrected chi connectivity index (χ2v) is 5.52. The zero-order chi connectivity index (χ0) is 19.6. The number of phenols is 1. The number of nitrogens with one attached hydrogen (secondary N) is 1. The summed E-state index contributed by atoms with van der Waals surface area (Å²) in [4.78, 5) is 27.0. The second-order valence-electron chi connectivity index (χ2n) is 5.52. The van der Waals surface area contributed by atoms with E-state index in [1.807, 2.05) is 6.07 Å². The van der Waals surface area contributed by atoms with E-state index in [1.54, 1.807) is 29.7 Å². The number of methoxy groups -OCH3 is 1. The molecule has 0 saturated heterocycles. The smallest absolute Gasteiger partial charge is 0.315 e. The van der Waals surface area contributed by atoms with Gasteiger partial charge in [0.1, 0.15) is 11.3 Å². The van der Waals surface area contributed by atoms with E-state index in [0.717, 1.165) is 6.07 Å². The average molecular weight is 369 g/mol. The lowest BCUT2D eigenvalue weighted by atomic mass is 10.2. The lowest BCUT2D eigenvalue weighted by Gasteiger charge is -2.05. The summed E-state index contributed by atoms with van der Waals surface area (Å²) in [6, 6.07) is 7.84. The molecule has 0 bridgehead atoms. The summed E-state index contributed by atoms with van der Waals surface area (Å²) in [5, 5.41) is 24.6. The van der Waals surface area contributed by atoms with Crippen molar-refractivity contribution in [1.29, 1.82) is 0 Å². The van der Waals surface area contributed by atoms with Crippen LogP contribution in [-0.2, 0) is 0 Å². The number of aryl methyl sites for hydroxylation is 1. The lowest BCUT2D eigenvalue weighted by Crippen LogP contribution is -2.20. The van der Waals surface area contributed by atoms with Crippen LogP contribution in [0.25, 0.3) is 5.65 Å². The first-order valence-electron chi connectivity index (χ1n) is 7.75. The molecular formula is C17H15N5O5. The van der Waals surface area contributed by atoms with E-state index in [2.05, 4.69) is 15.5 Å².